The smallest absolute Gasteiger partial charge is 0.255 e. The molecule has 30 heavy (non-hydrogen) atoms. The SMILES string of the molecule is Cc1c(C(=O)NCc2ccccc2CN2CCOCC2)cnn1-c1ccccc1F. The minimum absolute atomic E-state index is 0.226. The van der Waals surface area contributed by atoms with Crippen molar-refractivity contribution in [3.05, 3.63) is 82.9 Å². The number of amides is 1. The second kappa shape index (κ2) is 9.19. The molecule has 4 rings (SSSR count). The van der Waals surface area contributed by atoms with Crippen molar-refractivity contribution in [1.82, 2.24) is 20.0 Å². The number of halogens is 1. The van der Waals surface area contributed by atoms with Crippen LogP contribution in [0.5, 0.6) is 0 Å². The van der Waals surface area contributed by atoms with Crippen LogP contribution in [0.3, 0.4) is 0 Å². The van der Waals surface area contributed by atoms with Crippen molar-refractivity contribution in [2.75, 3.05) is 26.3 Å². The van der Waals surface area contributed by atoms with Gasteiger partial charge < -0.3 is 10.1 Å². The van der Waals surface area contributed by atoms with E-state index in [0.717, 1.165) is 38.4 Å². The first-order valence-electron chi connectivity index (χ1n) is 10.1. The lowest BCUT2D eigenvalue weighted by Crippen LogP contribution is -2.36. The third-order valence-electron chi connectivity index (χ3n) is 5.39. The van der Waals surface area contributed by atoms with Crippen molar-refractivity contribution in [1.29, 1.82) is 0 Å². The molecule has 0 unspecified atom stereocenters. The Bertz CT molecular complexity index is 1030. The van der Waals surface area contributed by atoms with E-state index < -0.39 is 0 Å². The number of carbonyl (C=O) groups excluding carboxylic acids is 1. The highest BCUT2D eigenvalue weighted by atomic mass is 19.1. The van der Waals surface area contributed by atoms with Crippen LogP contribution in [0.25, 0.3) is 5.69 Å². The van der Waals surface area contributed by atoms with E-state index in [2.05, 4.69) is 21.4 Å². The summed E-state index contributed by atoms with van der Waals surface area (Å²) in [6, 6.07) is 14.5. The van der Waals surface area contributed by atoms with Gasteiger partial charge in [-0.15, -0.1) is 0 Å². The summed E-state index contributed by atoms with van der Waals surface area (Å²) in [6.07, 6.45) is 1.48. The minimum atomic E-state index is -0.382. The Balaban J connectivity index is 1.45. The lowest BCUT2D eigenvalue weighted by atomic mass is 10.1. The first kappa shape index (κ1) is 20.3. The number of nitrogens with zero attached hydrogens (tertiary/aromatic N) is 3. The predicted octanol–water partition coefficient (Wildman–Crippen LogP) is 3.08. The molecule has 156 valence electrons. The van der Waals surface area contributed by atoms with E-state index in [4.69, 9.17) is 4.74 Å². The van der Waals surface area contributed by atoms with Gasteiger partial charge in [0.2, 0.25) is 0 Å². The lowest BCUT2D eigenvalue weighted by Gasteiger charge is -2.27. The third kappa shape index (κ3) is 4.42. The zero-order valence-corrected chi connectivity index (χ0v) is 17.0. The van der Waals surface area contributed by atoms with Gasteiger partial charge in [0.1, 0.15) is 11.5 Å². The number of rotatable bonds is 6. The van der Waals surface area contributed by atoms with Gasteiger partial charge in [-0.3, -0.25) is 9.69 Å². The van der Waals surface area contributed by atoms with Gasteiger partial charge in [-0.2, -0.15) is 5.10 Å². The molecule has 2 aromatic carbocycles. The van der Waals surface area contributed by atoms with Crippen LogP contribution in [0.15, 0.2) is 54.7 Å². The summed E-state index contributed by atoms with van der Waals surface area (Å²) in [7, 11) is 0. The van der Waals surface area contributed by atoms with Crippen LogP contribution in [0.4, 0.5) is 4.39 Å². The molecular formula is C23H25FN4O2. The summed E-state index contributed by atoms with van der Waals surface area (Å²) in [5.41, 5.74) is 3.63. The molecule has 2 heterocycles. The molecule has 0 spiro atoms. The van der Waals surface area contributed by atoms with Crippen molar-refractivity contribution in [2.45, 2.75) is 20.0 Å². The van der Waals surface area contributed by atoms with Crippen LogP contribution in [-0.2, 0) is 17.8 Å². The molecule has 1 fully saturated rings. The number of carbonyl (C=O) groups is 1. The molecule has 1 amide bonds. The number of hydrogen-bond acceptors (Lipinski definition) is 4. The number of para-hydroxylation sites is 1. The molecule has 0 radical (unpaired) electrons. The van der Waals surface area contributed by atoms with Gasteiger partial charge in [0, 0.05) is 26.2 Å². The minimum Gasteiger partial charge on any atom is -0.379 e. The van der Waals surface area contributed by atoms with Crippen molar-refractivity contribution in [2.24, 2.45) is 0 Å². The quantitative estimate of drug-likeness (QED) is 0.681. The number of benzene rings is 2. The van der Waals surface area contributed by atoms with Gasteiger partial charge in [-0.1, -0.05) is 36.4 Å². The summed E-state index contributed by atoms with van der Waals surface area (Å²) >= 11 is 0. The fourth-order valence-electron chi connectivity index (χ4n) is 3.65. The van der Waals surface area contributed by atoms with E-state index in [1.54, 1.807) is 25.1 Å². The maximum Gasteiger partial charge on any atom is 0.255 e. The van der Waals surface area contributed by atoms with Crippen LogP contribution in [0, 0.1) is 12.7 Å². The second-order valence-corrected chi connectivity index (χ2v) is 7.35. The highest BCUT2D eigenvalue weighted by Crippen LogP contribution is 2.18. The maximum atomic E-state index is 14.1. The van der Waals surface area contributed by atoms with E-state index in [9.17, 15) is 9.18 Å². The van der Waals surface area contributed by atoms with Crippen molar-refractivity contribution in [3.8, 4) is 5.69 Å². The van der Waals surface area contributed by atoms with E-state index >= 15 is 0 Å². The van der Waals surface area contributed by atoms with E-state index in [1.165, 1.54) is 22.5 Å². The third-order valence-corrected chi connectivity index (χ3v) is 5.39. The Hall–Kier alpha value is -3.03. The Morgan fingerprint density at radius 1 is 1.10 bits per heavy atom. The first-order valence-corrected chi connectivity index (χ1v) is 10.1. The van der Waals surface area contributed by atoms with Crippen LogP contribution in [0.2, 0.25) is 0 Å². The van der Waals surface area contributed by atoms with Crippen LogP contribution in [0.1, 0.15) is 27.2 Å². The largest absolute Gasteiger partial charge is 0.379 e. The molecule has 1 saturated heterocycles. The van der Waals surface area contributed by atoms with Crippen molar-refractivity contribution in [3.63, 3.8) is 0 Å². The fourth-order valence-corrected chi connectivity index (χ4v) is 3.65. The van der Waals surface area contributed by atoms with Crippen LogP contribution in [-0.4, -0.2) is 46.9 Å². The van der Waals surface area contributed by atoms with Gasteiger partial charge in [0.15, 0.2) is 0 Å². The van der Waals surface area contributed by atoms with E-state index in [-0.39, 0.29) is 11.7 Å². The number of aromatic nitrogens is 2. The predicted molar refractivity (Wildman–Crippen MR) is 112 cm³/mol. The van der Waals surface area contributed by atoms with Crippen molar-refractivity contribution >= 4 is 5.91 Å². The molecule has 7 heteroatoms. The number of nitrogens with one attached hydrogen (secondary N) is 1. The first-order chi connectivity index (χ1) is 14.6. The number of ether oxygens (including phenoxy) is 1. The summed E-state index contributed by atoms with van der Waals surface area (Å²) in [5.74, 6) is -0.607. The van der Waals surface area contributed by atoms with E-state index in [1.807, 2.05) is 18.2 Å². The Morgan fingerprint density at radius 3 is 2.57 bits per heavy atom. The van der Waals surface area contributed by atoms with Crippen LogP contribution < -0.4 is 5.32 Å². The zero-order valence-electron chi connectivity index (χ0n) is 17.0. The van der Waals surface area contributed by atoms with Crippen LogP contribution >= 0.6 is 0 Å². The average Bonchev–Trinajstić information content (AvgIpc) is 3.15. The molecule has 6 nitrogen and oxygen atoms in total. The monoisotopic (exact) mass is 408 g/mol. The Kier molecular flexibility index (Phi) is 6.21. The van der Waals surface area contributed by atoms with E-state index in [0.29, 0.717) is 23.5 Å². The van der Waals surface area contributed by atoms with Crippen molar-refractivity contribution < 1.29 is 13.9 Å². The summed E-state index contributed by atoms with van der Waals surface area (Å²) in [5, 5.41) is 7.20. The molecule has 1 aliphatic heterocycles. The molecule has 3 aromatic rings. The molecular weight excluding hydrogens is 383 g/mol. The maximum absolute atomic E-state index is 14.1. The van der Waals surface area contributed by atoms with Gasteiger partial charge in [0.05, 0.1) is 30.7 Å². The fraction of sp³-hybridized carbons (Fsp3) is 0.304. The molecule has 1 aliphatic rings. The Labute approximate surface area is 175 Å². The number of morpholine rings is 1. The zero-order chi connectivity index (χ0) is 20.9. The topological polar surface area (TPSA) is 59.4 Å². The summed E-state index contributed by atoms with van der Waals surface area (Å²) in [4.78, 5) is 15.1. The second-order valence-electron chi connectivity index (χ2n) is 7.35. The lowest BCUT2D eigenvalue weighted by molar-refractivity contribution is 0.0340. The Morgan fingerprint density at radius 2 is 1.80 bits per heavy atom. The average molecular weight is 408 g/mol. The van der Waals surface area contributed by atoms with Gasteiger partial charge in [-0.05, 0) is 30.2 Å². The van der Waals surface area contributed by atoms with Gasteiger partial charge >= 0.3 is 0 Å². The molecule has 1 aromatic heterocycles. The van der Waals surface area contributed by atoms with Gasteiger partial charge in [-0.25, -0.2) is 9.07 Å². The molecule has 0 atom stereocenters. The normalized spacial score (nSPS) is 14.6. The van der Waals surface area contributed by atoms with Gasteiger partial charge in [0.25, 0.3) is 5.91 Å². The number of hydrogen-bond donors (Lipinski definition) is 1. The molecule has 0 aliphatic carbocycles. The molecule has 0 bridgehead atoms. The molecule has 1 N–H and O–H groups in total. The summed E-state index contributed by atoms with van der Waals surface area (Å²) < 4.78 is 21.0. The molecule has 0 saturated carbocycles. The highest BCUT2D eigenvalue weighted by Gasteiger charge is 2.17. The standard InChI is InChI=1S/C23H25FN4O2/c1-17-20(15-26-28(17)22-9-5-4-8-21(22)24)23(29)25-14-18-6-2-3-7-19(18)16-27-10-12-30-13-11-27/h2-9,15H,10-14,16H2,1H3,(H,25,29). The summed E-state index contributed by atoms with van der Waals surface area (Å²) in [6.45, 7) is 6.35. The highest BCUT2D eigenvalue weighted by molar-refractivity contribution is 5.95.